The van der Waals surface area contributed by atoms with Gasteiger partial charge in [-0.1, -0.05) is 13.8 Å². The third kappa shape index (κ3) is 2.05. The van der Waals surface area contributed by atoms with Crippen molar-refractivity contribution < 1.29 is 6.22 Å². The predicted octanol–water partition coefficient (Wildman–Crippen LogP) is 2.06. The van der Waals surface area contributed by atoms with Crippen molar-refractivity contribution in [3.05, 3.63) is 23.8 Å². The summed E-state index contributed by atoms with van der Waals surface area (Å²) < 4.78 is 7.98. The molecular formula is C9H13N3OS. The first-order chi connectivity index (χ1) is 6.77. The second-order valence-corrected chi connectivity index (χ2v) is 2.86. The van der Waals surface area contributed by atoms with E-state index in [4.69, 9.17) is 5.73 Å². The molecule has 5 heteroatoms. The van der Waals surface area contributed by atoms with Gasteiger partial charge in [-0.3, -0.25) is 4.79 Å². The second-order valence-electron chi connectivity index (χ2n) is 2.33. The van der Waals surface area contributed by atoms with Gasteiger partial charge >= 0.3 is 0 Å². The van der Waals surface area contributed by atoms with Crippen molar-refractivity contribution >= 4 is 28.7 Å². The van der Waals surface area contributed by atoms with Crippen molar-refractivity contribution in [2.24, 2.45) is 5.73 Å². The third-order valence-electron chi connectivity index (χ3n) is 1.54. The number of primary amides is 1. The molecule has 2 aromatic rings. The van der Waals surface area contributed by atoms with Crippen LogP contribution in [0.2, 0.25) is 0 Å². The molecule has 0 saturated heterocycles. The van der Waals surface area contributed by atoms with Crippen LogP contribution in [-0.2, 0) is 0 Å². The van der Waals surface area contributed by atoms with Gasteiger partial charge in [0.15, 0.2) is 0 Å². The number of nitrogens with two attached hydrogens (primary N) is 1. The Morgan fingerprint density at radius 3 is 2.64 bits per heavy atom. The van der Waals surface area contributed by atoms with E-state index in [0.29, 0.717) is 5.56 Å². The highest BCUT2D eigenvalue weighted by Gasteiger charge is 2.03. The average molecular weight is 211 g/mol. The molecule has 0 aliphatic rings. The van der Waals surface area contributed by atoms with Gasteiger partial charge in [-0.15, -0.1) is 0 Å². The molecule has 2 rings (SSSR count). The van der Waals surface area contributed by atoms with E-state index in [2.05, 4.69) is 8.75 Å². The van der Waals surface area contributed by atoms with Gasteiger partial charge in [0, 0.05) is 6.99 Å². The number of rotatable bonds is 1. The molecule has 0 fully saturated rings. The van der Waals surface area contributed by atoms with Crippen molar-refractivity contribution in [2.75, 3.05) is 0 Å². The average Bonchev–Trinajstić information content (AvgIpc) is 2.67. The highest BCUT2D eigenvalue weighted by atomic mass is 32.1. The maximum Gasteiger partial charge on any atom is 0.248 e. The number of hydrogen-bond donors (Lipinski definition) is 1. The number of nitrogens with zero attached hydrogens (tertiary/aromatic N) is 2. The summed E-state index contributed by atoms with van der Waals surface area (Å²) in [6.45, 7) is 4.00. The first kappa shape index (κ1) is 10.6. The largest absolute Gasteiger partial charge is 0.366 e. The summed E-state index contributed by atoms with van der Waals surface area (Å²) in [4.78, 5) is 10.7. The molecule has 0 unspecified atom stereocenters. The van der Waals surface area contributed by atoms with Gasteiger partial charge in [-0.2, -0.15) is 8.75 Å². The van der Waals surface area contributed by atoms with Gasteiger partial charge in [0.2, 0.25) is 5.91 Å². The molecule has 14 heavy (non-hydrogen) atoms. The summed E-state index contributed by atoms with van der Waals surface area (Å²) in [6.07, 6.45) is 0. The normalized spacial score (nSPS) is 9.29. The fourth-order valence-electron chi connectivity index (χ4n) is 0.935. The van der Waals surface area contributed by atoms with Crippen molar-refractivity contribution in [2.45, 2.75) is 13.8 Å². The fourth-order valence-corrected chi connectivity index (χ4v) is 1.45. The summed E-state index contributed by atoms with van der Waals surface area (Å²) in [5.41, 5.74) is 7.07. The molecule has 0 atom stereocenters. The van der Waals surface area contributed by atoms with Crippen molar-refractivity contribution in [1.82, 2.24) is 8.75 Å². The molecule has 0 bridgehead atoms. The first-order valence-corrected chi connectivity index (χ1v) is 5.02. The zero-order valence-electron chi connectivity index (χ0n) is 8.02. The van der Waals surface area contributed by atoms with Crippen LogP contribution in [0.4, 0.5) is 0 Å². The molecule has 0 saturated carbocycles. The van der Waals surface area contributed by atoms with Crippen LogP contribution in [0, 0.1) is 0 Å². The maximum atomic E-state index is 10.7. The monoisotopic (exact) mass is 211 g/mol. The number of hydrogen-bond acceptors (Lipinski definition) is 4. The molecule has 1 aromatic carbocycles. The summed E-state index contributed by atoms with van der Waals surface area (Å²) in [7, 11) is 0. The lowest BCUT2D eigenvalue weighted by molar-refractivity contribution is 0.100. The quantitative estimate of drug-likeness (QED) is 0.785. The van der Waals surface area contributed by atoms with E-state index in [1.54, 1.807) is 18.2 Å². The fraction of sp³-hybridized carbons (Fsp3) is 0.222. The van der Waals surface area contributed by atoms with Crippen LogP contribution in [0.3, 0.4) is 0 Å². The van der Waals surface area contributed by atoms with E-state index in [9.17, 15) is 4.79 Å². The zero-order chi connectivity index (χ0) is 10.6. The Morgan fingerprint density at radius 1 is 1.36 bits per heavy atom. The number of aromatic nitrogens is 2. The van der Waals surface area contributed by atoms with E-state index in [1.807, 2.05) is 13.8 Å². The minimum atomic E-state index is -0.440. The molecular weight excluding hydrogens is 198 g/mol. The number of carbonyl (C=O) groups excluding carboxylic acids is 1. The van der Waals surface area contributed by atoms with Crippen molar-refractivity contribution in [3.63, 3.8) is 0 Å². The Morgan fingerprint density at radius 2 is 2.00 bits per heavy atom. The molecule has 0 spiro atoms. The van der Waals surface area contributed by atoms with E-state index >= 15 is 0 Å². The number of benzene rings is 1. The Hall–Kier alpha value is -1.49. The molecule has 1 aromatic heterocycles. The van der Waals surface area contributed by atoms with E-state index in [1.165, 1.54) is 0 Å². The van der Waals surface area contributed by atoms with E-state index in [-0.39, 0.29) is 1.43 Å². The zero-order valence-corrected chi connectivity index (χ0v) is 8.84. The molecule has 4 nitrogen and oxygen atoms in total. The summed E-state index contributed by atoms with van der Waals surface area (Å²) in [6, 6.07) is 5.02. The Kier molecular flexibility index (Phi) is 3.53. The van der Waals surface area contributed by atoms with Crippen molar-refractivity contribution in [1.29, 1.82) is 0 Å². The number of fused-ring (bicyclic) bond motifs is 1. The highest BCUT2D eigenvalue weighted by molar-refractivity contribution is 7.00. The Bertz CT molecular complexity index is 444. The van der Waals surface area contributed by atoms with Gasteiger partial charge in [0.1, 0.15) is 11.0 Å². The molecule has 76 valence electrons. The Balaban J connectivity index is 0.000000617. The molecule has 0 radical (unpaired) electrons. The third-order valence-corrected chi connectivity index (χ3v) is 2.09. The van der Waals surface area contributed by atoms with Gasteiger partial charge in [-0.05, 0) is 18.2 Å². The molecule has 2 N–H and O–H groups in total. The summed E-state index contributed by atoms with van der Waals surface area (Å²) in [5, 5.41) is 0. The van der Waals surface area contributed by atoms with Crippen molar-refractivity contribution in [3.8, 4) is 0 Å². The van der Waals surface area contributed by atoms with E-state index in [0.717, 1.165) is 22.8 Å². The first-order valence-electron chi connectivity index (χ1n) is 4.29. The minimum absolute atomic E-state index is 0. The lowest BCUT2D eigenvalue weighted by Gasteiger charge is -1.92. The van der Waals surface area contributed by atoms with Crippen LogP contribution in [0.1, 0.15) is 25.6 Å². The lowest BCUT2D eigenvalue weighted by atomic mass is 10.2. The van der Waals surface area contributed by atoms with Gasteiger partial charge < -0.3 is 5.73 Å². The van der Waals surface area contributed by atoms with E-state index < -0.39 is 5.91 Å². The minimum Gasteiger partial charge on any atom is -0.366 e. The van der Waals surface area contributed by atoms with Crippen LogP contribution in [0.5, 0.6) is 0 Å². The number of carbonyl (C=O) groups is 1. The number of amides is 1. The topological polar surface area (TPSA) is 68.9 Å². The van der Waals surface area contributed by atoms with Crippen LogP contribution in [-0.4, -0.2) is 14.7 Å². The summed E-state index contributed by atoms with van der Waals surface area (Å²) in [5.74, 6) is -0.440. The van der Waals surface area contributed by atoms with Gasteiger partial charge in [-0.25, -0.2) is 0 Å². The molecule has 0 aliphatic carbocycles. The Labute approximate surface area is 87.6 Å². The highest BCUT2D eigenvalue weighted by Crippen LogP contribution is 2.12. The SMILES string of the molecule is CC.NC(=O)c1ccc2nsnc2c1.[HH]. The standard InChI is InChI=1S/C7H5N3OS.C2H6.H2/c8-7(11)4-1-2-5-6(3-4)10-12-9-5;1-2;/h1-3H,(H2,8,11);1-2H3;1H. The van der Waals surface area contributed by atoms with Crippen LogP contribution >= 0.6 is 11.7 Å². The second kappa shape index (κ2) is 4.66. The molecule has 1 amide bonds. The maximum absolute atomic E-state index is 10.7. The summed E-state index contributed by atoms with van der Waals surface area (Å²) >= 11 is 1.12. The lowest BCUT2D eigenvalue weighted by Crippen LogP contribution is -2.10. The van der Waals surface area contributed by atoms with Crippen LogP contribution < -0.4 is 5.73 Å². The van der Waals surface area contributed by atoms with Crippen LogP contribution in [0.15, 0.2) is 18.2 Å². The van der Waals surface area contributed by atoms with Gasteiger partial charge in [0.25, 0.3) is 0 Å². The van der Waals surface area contributed by atoms with Gasteiger partial charge in [0.05, 0.1) is 11.7 Å². The van der Waals surface area contributed by atoms with Crippen LogP contribution in [0.25, 0.3) is 11.0 Å². The smallest absolute Gasteiger partial charge is 0.248 e. The predicted molar refractivity (Wildman–Crippen MR) is 59.4 cm³/mol. The molecule has 0 aliphatic heterocycles. The molecule has 1 heterocycles.